The van der Waals surface area contributed by atoms with Crippen LogP contribution >= 0.6 is 11.6 Å². The van der Waals surface area contributed by atoms with Crippen LogP contribution in [0.2, 0.25) is 5.15 Å². The number of halogens is 1. The molecule has 2 aliphatic rings. The molecule has 1 aliphatic heterocycles. The Hall–Kier alpha value is -1.72. The van der Waals surface area contributed by atoms with E-state index < -0.39 is 6.09 Å². The minimum Gasteiger partial charge on any atom is -0.465 e. The van der Waals surface area contributed by atoms with Gasteiger partial charge in [-0.25, -0.2) is 4.79 Å². The Balaban J connectivity index is 1.71. The monoisotopic (exact) mass is 361 g/mol. The van der Waals surface area contributed by atoms with Gasteiger partial charge in [0.05, 0.1) is 0 Å². The molecule has 1 amide bonds. The molecular formula is C19H24ClN3O2. The van der Waals surface area contributed by atoms with Gasteiger partial charge in [-0.3, -0.25) is 4.90 Å². The van der Waals surface area contributed by atoms with Gasteiger partial charge in [-0.2, -0.15) is 0 Å². The van der Waals surface area contributed by atoms with Gasteiger partial charge in [-0.1, -0.05) is 30.7 Å². The molecular weight excluding hydrogens is 338 g/mol. The van der Waals surface area contributed by atoms with Gasteiger partial charge in [-0.15, -0.1) is 0 Å². The number of H-pyrrole nitrogens is 1. The Labute approximate surface area is 152 Å². The molecule has 1 aliphatic carbocycles. The predicted octanol–water partition coefficient (Wildman–Crippen LogP) is 3.83. The molecule has 134 valence electrons. The zero-order chi connectivity index (χ0) is 17.6. The van der Waals surface area contributed by atoms with E-state index in [-0.39, 0.29) is 0 Å². The third kappa shape index (κ3) is 2.89. The number of hydrogen-bond donors (Lipinski definition) is 3. The Kier molecular flexibility index (Phi) is 4.38. The molecule has 1 unspecified atom stereocenters. The van der Waals surface area contributed by atoms with Crippen molar-refractivity contribution in [1.29, 1.82) is 0 Å². The number of piperidine rings is 1. The van der Waals surface area contributed by atoms with Gasteiger partial charge in [0.2, 0.25) is 0 Å². The average molecular weight is 362 g/mol. The number of nitrogens with zero attached hydrogens (tertiary/aromatic N) is 1. The van der Waals surface area contributed by atoms with E-state index in [9.17, 15) is 4.79 Å². The third-order valence-electron chi connectivity index (χ3n) is 5.79. The fourth-order valence-corrected chi connectivity index (χ4v) is 5.14. The van der Waals surface area contributed by atoms with Crippen molar-refractivity contribution in [1.82, 2.24) is 15.2 Å². The molecule has 2 heterocycles. The van der Waals surface area contributed by atoms with Crippen LogP contribution in [-0.4, -0.2) is 46.8 Å². The summed E-state index contributed by atoms with van der Waals surface area (Å²) in [5, 5.41) is 13.6. The number of aromatic amines is 1. The second-order valence-electron chi connectivity index (χ2n) is 7.35. The van der Waals surface area contributed by atoms with Crippen molar-refractivity contribution < 1.29 is 9.90 Å². The first-order valence-electron chi connectivity index (χ1n) is 9.08. The number of carbonyl (C=O) groups is 1. The highest BCUT2D eigenvalue weighted by molar-refractivity contribution is 6.32. The fraction of sp³-hybridized carbons (Fsp3) is 0.526. The first-order valence-corrected chi connectivity index (χ1v) is 9.46. The second kappa shape index (κ2) is 6.54. The molecule has 3 atom stereocenters. The summed E-state index contributed by atoms with van der Waals surface area (Å²) >= 11 is 6.49. The summed E-state index contributed by atoms with van der Waals surface area (Å²) in [7, 11) is 0. The number of amides is 1. The van der Waals surface area contributed by atoms with Crippen LogP contribution in [0.25, 0.3) is 10.9 Å². The van der Waals surface area contributed by atoms with Gasteiger partial charge in [0.1, 0.15) is 5.15 Å². The predicted molar refractivity (Wildman–Crippen MR) is 99.5 cm³/mol. The summed E-state index contributed by atoms with van der Waals surface area (Å²) in [6.07, 6.45) is 2.15. The summed E-state index contributed by atoms with van der Waals surface area (Å²) in [5.41, 5.74) is 3.73. The van der Waals surface area contributed by atoms with Gasteiger partial charge in [0, 0.05) is 36.0 Å². The van der Waals surface area contributed by atoms with E-state index >= 15 is 0 Å². The molecule has 1 aromatic heterocycles. The molecule has 6 heteroatoms. The van der Waals surface area contributed by atoms with Crippen molar-refractivity contribution in [3.63, 3.8) is 0 Å². The largest absolute Gasteiger partial charge is 0.465 e. The van der Waals surface area contributed by atoms with Crippen molar-refractivity contribution in [2.24, 2.45) is 5.92 Å². The van der Waals surface area contributed by atoms with E-state index in [1.54, 1.807) is 0 Å². The summed E-state index contributed by atoms with van der Waals surface area (Å²) in [4.78, 5) is 16.8. The highest BCUT2D eigenvalue weighted by Crippen LogP contribution is 2.46. The molecule has 4 rings (SSSR count). The summed E-state index contributed by atoms with van der Waals surface area (Å²) in [6.45, 7) is 4.71. The second-order valence-corrected chi connectivity index (χ2v) is 7.73. The summed E-state index contributed by atoms with van der Waals surface area (Å²) in [6, 6.07) is 6.86. The molecule has 1 saturated heterocycles. The number of hydrogen-bond acceptors (Lipinski definition) is 2. The standard InChI is InChI=1S/C19H24ClN3O2/c1-2-6-23-10-11(9-21-19(24)25)7-13-12-4-3-5-15-17(12)14(8-16(13)23)18(20)22-15/h3-5,11,13,16,21-22H,2,6-10H2,1H3,(H,24,25)/t11?,13-,16-/m0/s1. The van der Waals surface area contributed by atoms with E-state index in [4.69, 9.17) is 16.7 Å². The van der Waals surface area contributed by atoms with Gasteiger partial charge in [0.25, 0.3) is 0 Å². The molecule has 0 saturated carbocycles. The maximum absolute atomic E-state index is 10.9. The molecule has 1 fully saturated rings. The van der Waals surface area contributed by atoms with Crippen LogP contribution in [0.1, 0.15) is 36.8 Å². The summed E-state index contributed by atoms with van der Waals surface area (Å²) < 4.78 is 0. The van der Waals surface area contributed by atoms with Gasteiger partial charge in [0.15, 0.2) is 0 Å². The number of aromatic nitrogens is 1. The number of nitrogens with one attached hydrogen (secondary N) is 2. The first kappa shape index (κ1) is 16.7. The van der Waals surface area contributed by atoms with E-state index in [2.05, 4.69) is 40.3 Å². The van der Waals surface area contributed by atoms with E-state index in [1.165, 1.54) is 16.5 Å². The minimum absolute atomic E-state index is 0.343. The maximum atomic E-state index is 10.9. The normalized spacial score (nSPS) is 25.8. The smallest absolute Gasteiger partial charge is 0.404 e. The lowest BCUT2D eigenvalue weighted by atomic mass is 9.72. The third-order valence-corrected chi connectivity index (χ3v) is 6.11. The van der Waals surface area contributed by atoms with E-state index in [1.807, 2.05) is 0 Å². The molecule has 25 heavy (non-hydrogen) atoms. The molecule has 5 nitrogen and oxygen atoms in total. The first-order chi connectivity index (χ1) is 12.1. The van der Waals surface area contributed by atoms with Crippen molar-refractivity contribution in [2.75, 3.05) is 19.6 Å². The Bertz CT molecular complexity index is 803. The molecule has 1 aromatic carbocycles. The van der Waals surface area contributed by atoms with Crippen molar-refractivity contribution >= 4 is 28.6 Å². The number of rotatable bonds is 4. The van der Waals surface area contributed by atoms with Gasteiger partial charge >= 0.3 is 6.09 Å². The molecule has 0 bridgehead atoms. The Morgan fingerprint density at radius 3 is 3.08 bits per heavy atom. The molecule has 2 aromatic rings. The van der Waals surface area contributed by atoms with Crippen LogP contribution in [0, 0.1) is 5.92 Å². The highest BCUT2D eigenvalue weighted by atomic mass is 35.5. The van der Waals surface area contributed by atoms with E-state index in [0.717, 1.165) is 43.0 Å². The van der Waals surface area contributed by atoms with Crippen molar-refractivity contribution in [3.05, 3.63) is 34.5 Å². The topological polar surface area (TPSA) is 68.4 Å². The molecule has 0 radical (unpaired) electrons. The summed E-state index contributed by atoms with van der Waals surface area (Å²) in [5.74, 6) is 0.777. The van der Waals surface area contributed by atoms with Crippen LogP contribution in [0.15, 0.2) is 18.2 Å². The van der Waals surface area contributed by atoms with Crippen molar-refractivity contribution in [3.8, 4) is 0 Å². The quantitative estimate of drug-likeness (QED) is 0.775. The zero-order valence-electron chi connectivity index (χ0n) is 14.4. The lowest BCUT2D eigenvalue weighted by molar-refractivity contribution is 0.0838. The number of fused-ring (bicyclic) bond motifs is 2. The highest BCUT2D eigenvalue weighted by Gasteiger charge is 2.41. The average Bonchev–Trinajstić information content (AvgIpc) is 2.91. The lowest BCUT2D eigenvalue weighted by Gasteiger charge is -2.47. The van der Waals surface area contributed by atoms with Gasteiger partial charge in [-0.05, 0) is 48.9 Å². The van der Waals surface area contributed by atoms with Crippen LogP contribution in [0.4, 0.5) is 4.79 Å². The van der Waals surface area contributed by atoms with Crippen molar-refractivity contribution in [2.45, 2.75) is 38.1 Å². The number of benzene rings is 1. The van der Waals surface area contributed by atoms with Crippen LogP contribution in [0.3, 0.4) is 0 Å². The Morgan fingerprint density at radius 1 is 1.48 bits per heavy atom. The van der Waals surface area contributed by atoms with Crippen LogP contribution in [0.5, 0.6) is 0 Å². The number of likely N-dealkylation sites (tertiary alicyclic amines) is 1. The zero-order valence-corrected chi connectivity index (χ0v) is 15.1. The number of carboxylic acid groups (broad SMARTS) is 1. The van der Waals surface area contributed by atoms with Crippen LogP contribution < -0.4 is 5.32 Å². The molecule has 0 spiro atoms. The molecule has 3 N–H and O–H groups in total. The minimum atomic E-state index is -0.936. The fourth-order valence-electron chi connectivity index (χ4n) is 4.87. The van der Waals surface area contributed by atoms with Crippen LogP contribution in [-0.2, 0) is 6.42 Å². The maximum Gasteiger partial charge on any atom is 0.404 e. The Morgan fingerprint density at radius 2 is 2.32 bits per heavy atom. The SMILES string of the molecule is CCCN1CC(CNC(=O)O)C[C@H]2c3cccc4[nH]c(Cl)c(c34)C[C@@H]21. The van der Waals surface area contributed by atoms with Gasteiger partial charge < -0.3 is 15.4 Å². The van der Waals surface area contributed by atoms with E-state index in [0.29, 0.717) is 24.4 Å². The lowest BCUT2D eigenvalue weighted by Crippen LogP contribution is -2.52.